The van der Waals surface area contributed by atoms with E-state index < -0.39 is 0 Å². The Balaban J connectivity index is 1.67. The number of benzene rings is 1. The predicted octanol–water partition coefficient (Wildman–Crippen LogP) is 3.07. The van der Waals surface area contributed by atoms with Gasteiger partial charge < -0.3 is 15.0 Å². The number of rotatable bonds is 4. The third kappa shape index (κ3) is 3.68. The maximum absolute atomic E-state index is 13.5. The molecule has 5 nitrogen and oxygen atoms in total. The maximum Gasteiger partial charge on any atom is 0.226 e. The molecule has 2 heterocycles. The van der Waals surface area contributed by atoms with Gasteiger partial charge in [-0.1, -0.05) is 0 Å². The van der Waals surface area contributed by atoms with Crippen molar-refractivity contribution in [3.8, 4) is 6.07 Å². The molecule has 1 N–H and O–H groups in total. The average Bonchev–Trinajstić information content (AvgIpc) is 2.74. The van der Waals surface area contributed by atoms with E-state index in [1.165, 1.54) is 12.1 Å². The monoisotopic (exact) mass is 331 g/mol. The molecular formula is C18H22FN3O2. The first-order valence-corrected chi connectivity index (χ1v) is 8.45. The van der Waals surface area contributed by atoms with E-state index in [0.717, 1.165) is 37.9 Å². The van der Waals surface area contributed by atoms with Gasteiger partial charge >= 0.3 is 0 Å². The number of anilines is 2. The molecule has 0 bridgehead atoms. The number of amides is 1. The number of hydrogen-bond acceptors (Lipinski definition) is 4. The van der Waals surface area contributed by atoms with Gasteiger partial charge in [0.25, 0.3) is 0 Å². The second-order valence-corrected chi connectivity index (χ2v) is 6.55. The summed E-state index contributed by atoms with van der Waals surface area (Å²) >= 11 is 0. The van der Waals surface area contributed by atoms with Crippen LogP contribution in [0, 0.1) is 22.6 Å². The normalized spacial score (nSPS) is 19.8. The van der Waals surface area contributed by atoms with Crippen molar-refractivity contribution in [3.05, 3.63) is 24.0 Å². The number of nitriles is 1. The Bertz CT molecular complexity index is 650. The van der Waals surface area contributed by atoms with Crippen LogP contribution in [0.2, 0.25) is 0 Å². The molecule has 1 fully saturated rings. The number of nitrogens with one attached hydrogen (secondary N) is 1. The van der Waals surface area contributed by atoms with Crippen LogP contribution in [-0.2, 0) is 9.53 Å². The predicted molar refractivity (Wildman–Crippen MR) is 89.2 cm³/mol. The highest BCUT2D eigenvalue weighted by Crippen LogP contribution is 2.35. The largest absolute Gasteiger partial charge is 0.381 e. The molecule has 1 aromatic rings. The molecule has 1 saturated heterocycles. The van der Waals surface area contributed by atoms with E-state index in [9.17, 15) is 14.4 Å². The van der Waals surface area contributed by atoms with Crippen molar-refractivity contribution in [2.45, 2.75) is 32.1 Å². The summed E-state index contributed by atoms with van der Waals surface area (Å²) in [4.78, 5) is 13.9. The Morgan fingerprint density at radius 2 is 2.17 bits per heavy atom. The number of hydrogen-bond donors (Lipinski definition) is 1. The Morgan fingerprint density at radius 3 is 2.92 bits per heavy atom. The molecule has 0 saturated carbocycles. The van der Waals surface area contributed by atoms with E-state index in [-0.39, 0.29) is 17.1 Å². The molecule has 0 unspecified atom stereocenters. The van der Waals surface area contributed by atoms with E-state index in [2.05, 4.69) is 16.3 Å². The SMILES string of the molecule is N#CC1(CCCN2CCC(=O)Nc3cc(F)ccc32)CCOCC1. The van der Waals surface area contributed by atoms with Gasteiger partial charge in [0.15, 0.2) is 0 Å². The van der Waals surface area contributed by atoms with Gasteiger partial charge in [-0.05, 0) is 43.9 Å². The number of carbonyl (C=O) groups is 1. The lowest BCUT2D eigenvalue weighted by Crippen LogP contribution is -2.31. The number of halogens is 1. The number of carbonyl (C=O) groups excluding carboxylic acids is 1. The van der Waals surface area contributed by atoms with Crippen LogP contribution in [0.25, 0.3) is 0 Å². The van der Waals surface area contributed by atoms with E-state index in [1.54, 1.807) is 6.07 Å². The minimum Gasteiger partial charge on any atom is -0.381 e. The quantitative estimate of drug-likeness (QED) is 0.921. The van der Waals surface area contributed by atoms with Crippen molar-refractivity contribution in [2.75, 3.05) is 36.5 Å². The van der Waals surface area contributed by atoms with Gasteiger partial charge in [-0.3, -0.25) is 4.79 Å². The molecular weight excluding hydrogens is 309 g/mol. The van der Waals surface area contributed by atoms with Crippen LogP contribution in [0.3, 0.4) is 0 Å². The Morgan fingerprint density at radius 1 is 1.38 bits per heavy atom. The highest BCUT2D eigenvalue weighted by atomic mass is 19.1. The number of fused-ring (bicyclic) bond motifs is 1. The number of nitrogens with zero attached hydrogens (tertiary/aromatic N) is 2. The van der Waals surface area contributed by atoms with Gasteiger partial charge in [0, 0.05) is 32.7 Å². The van der Waals surface area contributed by atoms with E-state index >= 15 is 0 Å². The summed E-state index contributed by atoms with van der Waals surface area (Å²) < 4.78 is 18.8. The molecule has 0 spiro atoms. The van der Waals surface area contributed by atoms with E-state index in [4.69, 9.17) is 4.74 Å². The van der Waals surface area contributed by atoms with Crippen LogP contribution in [-0.4, -0.2) is 32.2 Å². The zero-order valence-corrected chi connectivity index (χ0v) is 13.7. The molecule has 2 aliphatic rings. The molecule has 0 atom stereocenters. The molecule has 0 radical (unpaired) electrons. The molecule has 24 heavy (non-hydrogen) atoms. The van der Waals surface area contributed by atoms with Gasteiger partial charge in [0.2, 0.25) is 5.91 Å². The van der Waals surface area contributed by atoms with Gasteiger partial charge in [0.1, 0.15) is 5.82 Å². The van der Waals surface area contributed by atoms with Crippen LogP contribution in [0.1, 0.15) is 32.1 Å². The topological polar surface area (TPSA) is 65.4 Å². The zero-order chi connectivity index (χ0) is 17.0. The fourth-order valence-corrected chi connectivity index (χ4v) is 3.47. The Labute approximate surface area is 141 Å². The summed E-state index contributed by atoms with van der Waals surface area (Å²) in [7, 11) is 0. The third-order valence-electron chi connectivity index (χ3n) is 4.95. The van der Waals surface area contributed by atoms with Crippen molar-refractivity contribution < 1.29 is 13.9 Å². The van der Waals surface area contributed by atoms with Gasteiger partial charge in [-0.15, -0.1) is 0 Å². The van der Waals surface area contributed by atoms with Crippen molar-refractivity contribution >= 4 is 17.3 Å². The second kappa shape index (κ2) is 7.18. The third-order valence-corrected chi connectivity index (χ3v) is 4.95. The van der Waals surface area contributed by atoms with Crippen LogP contribution in [0.15, 0.2) is 18.2 Å². The standard InChI is InChI=1S/C18H22FN3O2/c19-14-2-3-16-15(12-14)21-17(23)4-9-22(16)8-1-5-18(13-20)6-10-24-11-7-18/h2-3,12H,1,4-11H2,(H,21,23). The first-order chi connectivity index (χ1) is 11.6. The van der Waals surface area contributed by atoms with Crippen molar-refractivity contribution in [1.82, 2.24) is 0 Å². The van der Waals surface area contributed by atoms with Crippen LogP contribution >= 0.6 is 0 Å². The number of ether oxygens (including phenoxy) is 1. The van der Waals surface area contributed by atoms with Crippen LogP contribution in [0.4, 0.5) is 15.8 Å². The average molecular weight is 331 g/mol. The molecule has 128 valence electrons. The molecule has 2 aliphatic heterocycles. The lowest BCUT2D eigenvalue weighted by atomic mass is 9.78. The molecule has 1 amide bonds. The van der Waals surface area contributed by atoms with Crippen molar-refractivity contribution in [3.63, 3.8) is 0 Å². The van der Waals surface area contributed by atoms with Gasteiger partial charge in [-0.25, -0.2) is 4.39 Å². The fourth-order valence-electron chi connectivity index (χ4n) is 3.47. The van der Waals surface area contributed by atoms with Crippen molar-refractivity contribution in [1.29, 1.82) is 5.26 Å². The van der Waals surface area contributed by atoms with Gasteiger partial charge in [0.05, 0.1) is 22.9 Å². The Hall–Kier alpha value is -2.13. The minimum atomic E-state index is -0.360. The first-order valence-electron chi connectivity index (χ1n) is 8.45. The zero-order valence-electron chi connectivity index (χ0n) is 13.7. The maximum atomic E-state index is 13.5. The molecule has 3 rings (SSSR count). The van der Waals surface area contributed by atoms with Crippen LogP contribution in [0.5, 0.6) is 0 Å². The molecule has 0 aliphatic carbocycles. The molecule has 0 aromatic heterocycles. The van der Waals surface area contributed by atoms with E-state index in [1.807, 2.05) is 0 Å². The second-order valence-electron chi connectivity index (χ2n) is 6.55. The summed E-state index contributed by atoms with van der Waals surface area (Å²) in [5, 5.41) is 12.3. The lowest BCUT2D eigenvalue weighted by molar-refractivity contribution is -0.115. The first kappa shape index (κ1) is 16.7. The summed E-state index contributed by atoms with van der Waals surface area (Å²) in [6.07, 6.45) is 3.63. The lowest BCUT2D eigenvalue weighted by Gasteiger charge is -2.32. The molecule has 1 aromatic carbocycles. The van der Waals surface area contributed by atoms with E-state index in [0.29, 0.717) is 31.9 Å². The van der Waals surface area contributed by atoms with Crippen LogP contribution < -0.4 is 10.2 Å². The summed E-state index contributed by atoms with van der Waals surface area (Å²) in [5.74, 6) is -0.455. The summed E-state index contributed by atoms with van der Waals surface area (Å²) in [5.41, 5.74) is 1.09. The Kier molecular flexibility index (Phi) is 5.00. The highest BCUT2D eigenvalue weighted by molar-refractivity contribution is 5.96. The fraction of sp³-hybridized carbons (Fsp3) is 0.556. The van der Waals surface area contributed by atoms with Gasteiger partial charge in [-0.2, -0.15) is 5.26 Å². The smallest absolute Gasteiger partial charge is 0.226 e. The minimum absolute atomic E-state index is 0.0951. The summed E-state index contributed by atoms with van der Waals surface area (Å²) in [6, 6.07) is 6.98. The summed E-state index contributed by atoms with van der Waals surface area (Å²) in [6.45, 7) is 2.65. The van der Waals surface area contributed by atoms with Crippen molar-refractivity contribution in [2.24, 2.45) is 5.41 Å². The highest BCUT2D eigenvalue weighted by Gasteiger charge is 2.32. The molecule has 6 heteroatoms.